The Morgan fingerprint density at radius 3 is 1.96 bits per heavy atom. The van der Waals surface area contributed by atoms with Crippen LogP contribution in [0.3, 0.4) is 0 Å². The fraction of sp³-hybridized carbons (Fsp3) is 0.143. The SMILES string of the molecule is C\C=C/C=C(\C=C/C)c1ccc(N(F)c2ccc(C)cc2)cc1. The van der Waals surface area contributed by atoms with Crippen molar-refractivity contribution in [1.82, 2.24) is 0 Å². The van der Waals surface area contributed by atoms with Gasteiger partial charge in [-0.05, 0) is 56.2 Å². The first kappa shape index (κ1) is 16.8. The van der Waals surface area contributed by atoms with E-state index < -0.39 is 0 Å². The maximum absolute atomic E-state index is 14.5. The van der Waals surface area contributed by atoms with Gasteiger partial charge in [-0.2, -0.15) is 5.12 Å². The summed E-state index contributed by atoms with van der Waals surface area (Å²) in [6.45, 7) is 5.95. The average molecular weight is 307 g/mol. The minimum Gasteiger partial charge on any atom is -0.180 e. The average Bonchev–Trinajstić information content (AvgIpc) is 2.59. The zero-order chi connectivity index (χ0) is 16.7. The Hall–Kier alpha value is -2.61. The van der Waals surface area contributed by atoms with Gasteiger partial charge in [-0.3, -0.25) is 0 Å². The van der Waals surface area contributed by atoms with E-state index in [1.165, 1.54) is 0 Å². The summed E-state index contributed by atoms with van der Waals surface area (Å²) < 4.78 is 14.5. The number of allylic oxidation sites excluding steroid dienone is 6. The smallest absolute Gasteiger partial charge is 0.0747 e. The molecule has 0 saturated carbocycles. The van der Waals surface area contributed by atoms with Crippen molar-refractivity contribution >= 4 is 16.9 Å². The van der Waals surface area contributed by atoms with Gasteiger partial charge in [0.25, 0.3) is 0 Å². The standard InChI is InChI=1S/C21H22FN/c1-4-6-8-18(7-5-2)19-11-15-21(16-12-19)23(22)20-13-9-17(3)10-14-20/h4-16H,1-3H3/b6-4-,7-5-,18-8+. The molecule has 2 heteroatoms. The van der Waals surface area contributed by atoms with Gasteiger partial charge in [0.05, 0.1) is 11.4 Å². The van der Waals surface area contributed by atoms with E-state index in [4.69, 9.17) is 0 Å². The highest BCUT2D eigenvalue weighted by molar-refractivity contribution is 5.76. The second-order valence-electron chi connectivity index (χ2n) is 5.31. The number of anilines is 2. The zero-order valence-electron chi connectivity index (χ0n) is 13.8. The first-order valence-corrected chi connectivity index (χ1v) is 7.74. The van der Waals surface area contributed by atoms with Crippen molar-refractivity contribution in [3.8, 4) is 0 Å². The topological polar surface area (TPSA) is 3.24 Å². The summed E-state index contributed by atoms with van der Waals surface area (Å²) in [6, 6.07) is 14.8. The molecular weight excluding hydrogens is 285 g/mol. The lowest BCUT2D eigenvalue weighted by molar-refractivity contribution is 0.505. The molecule has 0 amide bonds. The molecule has 0 atom stereocenters. The maximum Gasteiger partial charge on any atom is 0.0747 e. The molecule has 23 heavy (non-hydrogen) atoms. The van der Waals surface area contributed by atoms with E-state index in [1.807, 2.05) is 75.4 Å². The van der Waals surface area contributed by atoms with Crippen molar-refractivity contribution in [2.24, 2.45) is 0 Å². The van der Waals surface area contributed by atoms with E-state index in [9.17, 15) is 4.48 Å². The summed E-state index contributed by atoms with van der Waals surface area (Å²) in [5.74, 6) is 0. The zero-order valence-corrected chi connectivity index (χ0v) is 13.8. The lowest BCUT2D eigenvalue weighted by Crippen LogP contribution is -2.03. The fourth-order valence-corrected chi connectivity index (χ4v) is 2.24. The van der Waals surface area contributed by atoms with E-state index in [-0.39, 0.29) is 0 Å². The Balaban J connectivity index is 2.26. The van der Waals surface area contributed by atoms with Crippen LogP contribution in [0.25, 0.3) is 5.57 Å². The Kier molecular flexibility index (Phi) is 5.93. The number of hydrogen-bond acceptors (Lipinski definition) is 1. The molecule has 0 aromatic heterocycles. The molecule has 0 N–H and O–H groups in total. The molecule has 0 unspecified atom stereocenters. The molecule has 2 aromatic rings. The number of aryl methyl sites for hydroxylation is 1. The molecule has 0 aliphatic carbocycles. The normalized spacial score (nSPS) is 12.3. The third-order valence-corrected chi connectivity index (χ3v) is 3.50. The van der Waals surface area contributed by atoms with Crippen molar-refractivity contribution in [3.63, 3.8) is 0 Å². The highest BCUT2D eigenvalue weighted by Gasteiger charge is 2.08. The monoisotopic (exact) mass is 307 g/mol. The summed E-state index contributed by atoms with van der Waals surface area (Å²) in [4.78, 5) is 0. The first-order valence-electron chi connectivity index (χ1n) is 7.74. The van der Waals surface area contributed by atoms with Crippen LogP contribution in [0.2, 0.25) is 0 Å². The Morgan fingerprint density at radius 2 is 1.43 bits per heavy atom. The quantitative estimate of drug-likeness (QED) is 0.447. The number of nitrogens with zero attached hydrogens (tertiary/aromatic N) is 1. The fourth-order valence-electron chi connectivity index (χ4n) is 2.24. The second kappa shape index (κ2) is 8.14. The summed E-state index contributed by atoms with van der Waals surface area (Å²) in [6.07, 6.45) is 10.1. The largest absolute Gasteiger partial charge is 0.180 e. The molecule has 0 bridgehead atoms. The third-order valence-electron chi connectivity index (χ3n) is 3.50. The van der Waals surface area contributed by atoms with Crippen LogP contribution in [-0.2, 0) is 0 Å². The van der Waals surface area contributed by atoms with Crippen molar-refractivity contribution in [2.45, 2.75) is 20.8 Å². The van der Waals surface area contributed by atoms with E-state index >= 15 is 0 Å². The Bertz CT molecular complexity index is 707. The van der Waals surface area contributed by atoms with Crippen LogP contribution < -0.4 is 5.12 Å². The first-order chi connectivity index (χ1) is 11.2. The van der Waals surface area contributed by atoms with Gasteiger partial charge < -0.3 is 0 Å². The summed E-state index contributed by atoms with van der Waals surface area (Å²) in [5.41, 5.74) is 4.31. The molecule has 0 aliphatic heterocycles. The van der Waals surface area contributed by atoms with Crippen LogP contribution >= 0.6 is 0 Å². The number of halogens is 1. The van der Waals surface area contributed by atoms with Gasteiger partial charge >= 0.3 is 0 Å². The lowest BCUT2D eigenvalue weighted by atomic mass is 10.0. The van der Waals surface area contributed by atoms with Gasteiger partial charge in [0, 0.05) is 0 Å². The van der Waals surface area contributed by atoms with E-state index in [1.54, 1.807) is 24.3 Å². The lowest BCUT2D eigenvalue weighted by Gasteiger charge is -2.14. The van der Waals surface area contributed by atoms with Crippen LogP contribution in [0.5, 0.6) is 0 Å². The minimum atomic E-state index is 0.517. The van der Waals surface area contributed by atoms with Crippen molar-refractivity contribution in [2.75, 3.05) is 5.12 Å². The van der Waals surface area contributed by atoms with Gasteiger partial charge in [0.15, 0.2) is 0 Å². The second-order valence-corrected chi connectivity index (χ2v) is 5.31. The van der Waals surface area contributed by atoms with Crippen LogP contribution in [-0.4, -0.2) is 0 Å². The van der Waals surface area contributed by atoms with Gasteiger partial charge in [0.2, 0.25) is 0 Å². The molecule has 2 rings (SSSR count). The minimum absolute atomic E-state index is 0.517. The van der Waals surface area contributed by atoms with Crippen LogP contribution in [0.15, 0.2) is 78.9 Å². The number of rotatable bonds is 5. The highest BCUT2D eigenvalue weighted by atomic mass is 19.2. The Labute approximate surface area is 138 Å². The van der Waals surface area contributed by atoms with E-state index in [2.05, 4.69) is 0 Å². The summed E-state index contributed by atoms with van der Waals surface area (Å²) in [5, 5.41) is 0.703. The number of benzene rings is 2. The van der Waals surface area contributed by atoms with Crippen molar-refractivity contribution in [1.29, 1.82) is 0 Å². The van der Waals surface area contributed by atoms with Gasteiger partial charge in [-0.25, -0.2) is 0 Å². The molecule has 0 aliphatic rings. The van der Waals surface area contributed by atoms with Crippen molar-refractivity contribution < 1.29 is 4.48 Å². The number of hydrogen-bond donors (Lipinski definition) is 0. The summed E-state index contributed by atoms with van der Waals surface area (Å²) >= 11 is 0. The predicted molar refractivity (Wildman–Crippen MR) is 98.5 cm³/mol. The molecule has 2 aromatic carbocycles. The molecule has 118 valence electrons. The van der Waals surface area contributed by atoms with Crippen LogP contribution in [0.4, 0.5) is 15.9 Å². The van der Waals surface area contributed by atoms with Crippen molar-refractivity contribution in [3.05, 3.63) is 90.0 Å². The molecule has 0 spiro atoms. The van der Waals surface area contributed by atoms with Crippen LogP contribution in [0.1, 0.15) is 25.0 Å². The van der Waals surface area contributed by atoms with E-state index in [0.29, 0.717) is 16.5 Å². The van der Waals surface area contributed by atoms with E-state index in [0.717, 1.165) is 16.7 Å². The van der Waals surface area contributed by atoms with Crippen LogP contribution in [0, 0.1) is 6.92 Å². The molecular formula is C21H22FN. The van der Waals surface area contributed by atoms with Gasteiger partial charge in [0.1, 0.15) is 0 Å². The highest BCUT2D eigenvalue weighted by Crippen LogP contribution is 2.28. The molecule has 0 saturated heterocycles. The molecule has 1 nitrogen and oxygen atoms in total. The molecule has 0 fully saturated rings. The summed E-state index contributed by atoms with van der Waals surface area (Å²) in [7, 11) is 0. The molecule has 0 radical (unpaired) electrons. The predicted octanol–water partition coefficient (Wildman–Crippen LogP) is 6.55. The van der Waals surface area contributed by atoms with Gasteiger partial charge in [-0.1, -0.05) is 64.7 Å². The maximum atomic E-state index is 14.5. The van der Waals surface area contributed by atoms with Gasteiger partial charge in [-0.15, -0.1) is 0 Å². The Morgan fingerprint density at radius 1 is 0.870 bits per heavy atom. The third kappa shape index (κ3) is 4.43. The molecule has 0 heterocycles.